The molecule has 6 nitrogen and oxygen atoms in total. The number of fused-ring (bicyclic) bond motifs is 2. The van der Waals surface area contributed by atoms with Gasteiger partial charge in [0.15, 0.2) is 0 Å². The molecular weight excluding hydrogens is 446 g/mol. The maximum absolute atomic E-state index is 13.1. The molecule has 1 amide bonds. The van der Waals surface area contributed by atoms with Crippen molar-refractivity contribution in [2.24, 2.45) is 5.10 Å². The van der Waals surface area contributed by atoms with Crippen LogP contribution in [0, 0.1) is 6.92 Å². The predicted octanol–water partition coefficient (Wildman–Crippen LogP) is 6.24. The van der Waals surface area contributed by atoms with Crippen LogP contribution >= 0.6 is 0 Å². The fourth-order valence-electron chi connectivity index (χ4n) is 5.09. The number of hydrogen-bond donors (Lipinski definition) is 0. The number of aromatic nitrogens is 3. The van der Waals surface area contributed by atoms with Gasteiger partial charge < -0.3 is 0 Å². The second-order valence-electron chi connectivity index (χ2n) is 8.99. The molecule has 0 aliphatic carbocycles. The Morgan fingerprint density at radius 2 is 1.64 bits per heavy atom. The summed E-state index contributed by atoms with van der Waals surface area (Å²) in [6.07, 6.45) is 4.35. The summed E-state index contributed by atoms with van der Waals surface area (Å²) in [5.41, 5.74) is 8.56. The third-order valence-electron chi connectivity index (χ3n) is 6.77. The lowest BCUT2D eigenvalue weighted by Gasteiger charge is -2.21. The average molecular weight is 472 g/mol. The lowest BCUT2D eigenvalue weighted by atomic mass is 9.89. The molecule has 6 heteroatoms. The Labute approximate surface area is 209 Å². The summed E-state index contributed by atoms with van der Waals surface area (Å²) in [5.74, 6) is -0.0121. The van der Waals surface area contributed by atoms with Gasteiger partial charge in [0.2, 0.25) is 5.91 Å². The van der Waals surface area contributed by atoms with Crippen LogP contribution in [0.15, 0.2) is 90.3 Å². The van der Waals surface area contributed by atoms with E-state index in [0.717, 1.165) is 55.6 Å². The van der Waals surface area contributed by atoms with E-state index in [1.54, 1.807) is 17.4 Å². The molecule has 36 heavy (non-hydrogen) atoms. The van der Waals surface area contributed by atoms with Crippen molar-refractivity contribution in [2.45, 2.75) is 32.7 Å². The minimum absolute atomic E-state index is 0.0121. The van der Waals surface area contributed by atoms with Crippen LogP contribution in [0.25, 0.3) is 33.1 Å². The molecule has 0 saturated heterocycles. The van der Waals surface area contributed by atoms with Gasteiger partial charge in [-0.1, -0.05) is 61.5 Å². The van der Waals surface area contributed by atoms with Gasteiger partial charge in [0.25, 0.3) is 0 Å². The van der Waals surface area contributed by atoms with Crippen LogP contribution in [-0.2, 0) is 4.79 Å². The molecule has 1 atom stereocenters. The van der Waals surface area contributed by atoms with Crippen molar-refractivity contribution in [3.63, 3.8) is 0 Å². The summed E-state index contributed by atoms with van der Waals surface area (Å²) in [7, 11) is 0. The molecule has 0 spiro atoms. The molecule has 1 aliphatic heterocycles. The largest absolute Gasteiger partial charge is 0.273 e. The summed E-state index contributed by atoms with van der Waals surface area (Å²) in [6.45, 7) is 3.90. The minimum Gasteiger partial charge on any atom is -0.273 e. The number of nitrogens with zero attached hydrogens (tertiary/aromatic N) is 5. The first-order valence-electron chi connectivity index (χ1n) is 12.2. The first-order valence-corrected chi connectivity index (χ1v) is 12.2. The molecule has 6 rings (SSSR count). The van der Waals surface area contributed by atoms with Gasteiger partial charge in [0.1, 0.15) is 0 Å². The van der Waals surface area contributed by atoms with E-state index in [-0.39, 0.29) is 11.9 Å². The van der Waals surface area contributed by atoms with Crippen LogP contribution < -0.4 is 0 Å². The van der Waals surface area contributed by atoms with Gasteiger partial charge in [-0.05, 0) is 36.2 Å². The second-order valence-corrected chi connectivity index (χ2v) is 8.99. The standard InChI is InChI=1S/C30H25N5O/c1-3-28(36)35-27(21-13-14-24-25(17-21)32-16-15-31-24)18-26(34-35)29-19(2)33-23-12-8-7-11-22(23)30(29)20-9-5-4-6-10-20/h4-17,27H,3,18H2,1-2H3/t27-/m1/s1. The average Bonchev–Trinajstić information content (AvgIpc) is 3.37. The van der Waals surface area contributed by atoms with Crippen molar-refractivity contribution in [3.8, 4) is 11.1 Å². The number of benzene rings is 3. The molecule has 0 fully saturated rings. The SMILES string of the molecule is CCC(=O)N1N=C(c2c(C)nc3ccccc3c2-c2ccccc2)C[C@@H]1c1ccc2nccnc2c1. The number of rotatable bonds is 4. The third-order valence-corrected chi connectivity index (χ3v) is 6.77. The zero-order valence-electron chi connectivity index (χ0n) is 20.2. The summed E-state index contributed by atoms with van der Waals surface area (Å²) in [5, 5.41) is 7.67. The van der Waals surface area contributed by atoms with Gasteiger partial charge in [-0.2, -0.15) is 5.10 Å². The van der Waals surface area contributed by atoms with Crippen LogP contribution in [0.2, 0.25) is 0 Å². The molecule has 0 bridgehead atoms. The van der Waals surface area contributed by atoms with Gasteiger partial charge in [0, 0.05) is 47.4 Å². The monoisotopic (exact) mass is 471 g/mol. The van der Waals surface area contributed by atoms with Crippen molar-refractivity contribution >= 4 is 33.6 Å². The zero-order chi connectivity index (χ0) is 24.6. The van der Waals surface area contributed by atoms with Crippen molar-refractivity contribution in [2.75, 3.05) is 0 Å². The Bertz CT molecular complexity index is 1640. The summed E-state index contributed by atoms with van der Waals surface area (Å²) >= 11 is 0. The molecule has 176 valence electrons. The van der Waals surface area contributed by atoms with Crippen LogP contribution in [0.3, 0.4) is 0 Å². The van der Waals surface area contributed by atoms with E-state index in [1.807, 2.05) is 68.4 Å². The number of carbonyl (C=O) groups excluding carboxylic acids is 1. The Morgan fingerprint density at radius 1 is 0.889 bits per heavy atom. The molecule has 5 aromatic rings. The molecule has 0 unspecified atom stereocenters. The van der Waals surface area contributed by atoms with Crippen molar-refractivity contribution in [1.82, 2.24) is 20.0 Å². The molecular formula is C30H25N5O. The van der Waals surface area contributed by atoms with Crippen LogP contribution in [0.5, 0.6) is 0 Å². The smallest absolute Gasteiger partial charge is 0.242 e. The number of para-hydroxylation sites is 1. The van der Waals surface area contributed by atoms with Crippen LogP contribution in [-0.4, -0.2) is 31.6 Å². The molecule has 0 radical (unpaired) electrons. The zero-order valence-corrected chi connectivity index (χ0v) is 20.2. The number of aryl methyl sites for hydroxylation is 1. The van der Waals surface area contributed by atoms with Crippen molar-refractivity contribution in [1.29, 1.82) is 0 Å². The van der Waals surface area contributed by atoms with E-state index in [0.29, 0.717) is 12.8 Å². The molecule has 3 aromatic carbocycles. The molecule has 3 heterocycles. The van der Waals surface area contributed by atoms with E-state index < -0.39 is 0 Å². The van der Waals surface area contributed by atoms with Crippen molar-refractivity contribution in [3.05, 3.63) is 102 Å². The maximum atomic E-state index is 13.1. The van der Waals surface area contributed by atoms with Gasteiger partial charge in [0.05, 0.1) is 28.3 Å². The van der Waals surface area contributed by atoms with Crippen LogP contribution in [0.1, 0.15) is 42.6 Å². The number of carbonyl (C=O) groups is 1. The quantitative estimate of drug-likeness (QED) is 0.311. The Balaban J connectivity index is 1.53. The van der Waals surface area contributed by atoms with E-state index in [2.05, 4.69) is 28.2 Å². The number of hydrogen-bond acceptors (Lipinski definition) is 5. The molecule has 0 N–H and O–H groups in total. The summed E-state index contributed by atoms with van der Waals surface area (Å²) < 4.78 is 0. The number of pyridine rings is 1. The topological polar surface area (TPSA) is 71.3 Å². The van der Waals surface area contributed by atoms with E-state index in [1.165, 1.54) is 0 Å². The second kappa shape index (κ2) is 8.96. The highest BCUT2D eigenvalue weighted by Crippen LogP contribution is 2.39. The van der Waals surface area contributed by atoms with Crippen LogP contribution in [0.4, 0.5) is 0 Å². The van der Waals surface area contributed by atoms with Gasteiger partial charge in [-0.15, -0.1) is 0 Å². The predicted molar refractivity (Wildman–Crippen MR) is 142 cm³/mol. The highest BCUT2D eigenvalue weighted by molar-refractivity contribution is 6.14. The van der Waals surface area contributed by atoms with E-state index in [9.17, 15) is 4.79 Å². The van der Waals surface area contributed by atoms with Crippen molar-refractivity contribution < 1.29 is 4.79 Å². The number of hydrazone groups is 1. The molecule has 1 aliphatic rings. The van der Waals surface area contributed by atoms with E-state index in [4.69, 9.17) is 10.1 Å². The summed E-state index contributed by atoms with van der Waals surface area (Å²) in [4.78, 5) is 26.9. The van der Waals surface area contributed by atoms with Gasteiger partial charge >= 0.3 is 0 Å². The van der Waals surface area contributed by atoms with Gasteiger partial charge in [-0.25, -0.2) is 5.01 Å². The minimum atomic E-state index is -0.214. The fourth-order valence-corrected chi connectivity index (χ4v) is 5.09. The highest BCUT2D eigenvalue weighted by atomic mass is 16.2. The number of amides is 1. The highest BCUT2D eigenvalue weighted by Gasteiger charge is 2.34. The lowest BCUT2D eigenvalue weighted by molar-refractivity contribution is -0.132. The molecule has 0 saturated carbocycles. The Kier molecular flexibility index (Phi) is 5.49. The third kappa shape index (κ3) is 3.71. The fraction of sp³-hybridized carbons (Fsp3) is 0.167. The Morgan fingerprint density at radius 3 is 2.44 bits per heavy atom. The molecule has 2 aromatic heterocycles. The normalized spacial score (nSPS) is 15.4. The lowest BCUT2D eigenvalue weighted by Crippen LogP contribution is -2.26. The van der Waals surface area contributed by atoms with E-state index >= 15 is 0 Å². The van der Waals surface area contributed by atoms with Gasteiger partial charge in [-0.3, -0.25) is 19.7 Å². The Hall–Kier alpha value is -4.45. The maximum Gasteiger partial charge on any atom is 0.242 e. The first kappa shape index (κ1) is 22.0. The first-order chi connectivity index (χ1) is 17.6. The summed E-state index contributed by atoms with van der Waals surface area (Å²) in [6, 6.07) is 24.3.